The van der Waals surface area contributed by atoms with E-state index >= 15 is 0 Å². The van der Waals surface area contributed by atoms with E-state index in [4.69, 9.17) is 9.72 Å². The standard InChI is InChI=1S/C23H24N4O3/c1-13-22(28)26-18-11-14(7-9-17(18)24-13)21-25-19-12-15(23(29)30-2)8-10-20(19)27(21)16-5-3-4-6-16/h7-13,16,24H,3-6H2,1-2H3,(H,26,28)/t13-/m0/s1. The number of methoxy groups -OCH3 is 1. The molecule has 1 aliphatic heterocycles. The maximum absolute atomic E-state index is 12.1. The van der Waals surface area contributed by atoms with Gasteiger partial charge in [0, 0.05) is 11.6 Å². The molecule has 1 amide bonds. The van der Waals surface area contributed by atoms with Crippen LogP contribution in [0.15, 0.2) is 36.4 Å². The first-order valence-electron chi connectivity index (χ1n) is 10.4. The number of imidazole rings is 1. The third-order valence-corrected chi connectivity index (χ3v) is 6.10. The van der Waals surface area contributed by atoms with Crippen molar-refractivity contribution in [1.82, 2.24) is 9.55 Å². The maximum Gasteiger partial charge on any atom is 0.337 e. The van der Waals surface area contributed by atoms with Gasteiger partial charge in [0.2, 0.25) is 5.91 Å². The molecule has 2 heterocycles. The molecule has 5 rings (SSSR count). The topological polar surface area (TPSA) is 85.2 Å². The first kappa shape index (κ1) is 18.7. The van der Waals surface area contributed by atoms with Crippen molar-refractivity contribution in [3.05, 3.63) is 42.0 Å². The van der Waals surface area contributed by atoms with Crippen molar-refractivity contribution in [1.29, 1.82) is 0 Å². The molecule has 0 radical (unpaired) electrons. The molecule has 30 heavy (non-hydrogen) atoms. The molecule has 0 saturated heterocycles. The average Bonchev–Trinajstić information content (AvgIpc) is 3.40. The number of esters is 1. The lowest BCUT2D eigenvalue weighted by Gasteiger charge is -2.25. The molecule has 1 aromatic heterocycles. The molecule has 0 unspecified atom stereocenters. The van der Waals surface area contributed by atoms with Crippen molar-refractivity contribution in [3.8, 4) is 11.4 Å². The van der Waals surface area contributed by atoms with Gasteiger partial charge < -0.3 is 19.9 Å². The zero-order valence-electron chi connectivity index (χ0n) is 17.1. The number of carbonyl (C=O) groups excluding carboxylic acids is 2. The van der Waals surface area contributed by atoms with Gasteiger partial charge in [-0.15, -0.1) is 0 Å². The van der Waals surface area contributed by atoms with Crippen LogP contribution in [0.1, 0.15) is 49.0 Å². The fourth-order valence-electron chi connectivity index (χ4n) is 4.53. The molecule has 2 aliphatic rings. The smallest absolute Gasteiger partial charge is 0.337 e. The number of aromatic nitrogens is 2. The molecule has 1 atom stereocenters. The van der Waals surface area contributed by atoms with E-state index in [9.17, 15) is 9.59 Å². The van der Waals surface area contributed by atoms with Crippen molar-refractivity contribution < 1.29 is 14.3 Å². The average molecular weight is 404 g/mol. The molecule has 154 valence electrons. The predicted octanol–water partition coefficient (Wildman–Crippen LogP) is 4.36. The summed E-state index contributed by atoms with van der Waals surface area (Å²) in [5.41, 5.74) is 4.88. The Balaban J connectivity index is 1.66. The van der Waals surface area contributed by atoms with E-state index in [1.54, 1.807) is 12.1 Å². The van der Waals surface area contributed by atoms with E-state index in [-0.39, 0.29) is 17.9 Å². The number of fused-ring (bicyclic) bond motifs is 2. The van der Waals surface area contributed by atoms with E-state index in [2.05, 4.69) is 15.2 Å². The number of hydrogen-bond donors (Lipinski definition) is 2. The van der Waals surface area contributed by atoms with Gasteiger partial charge in [0.05, 0.1) is 35.1 Å². The molecule has 3 aromatic rings. The van der Waals surface area contributed by atoms with Crippen LogP contribution < -0.4 is 10.6 Å². The third-order valence-electron chi connectivity index (χ3n) is 6.10. The molecule has 0 bridgehead atoms. The van der Waals surface area contributed by atoms with Crippen LogP contribution in [0.4, 0.5) is 11.4 Å². The SMILES string of the molecule is COC(=O)c1ccc2c(c1)nc(-c1ccc3c(c1)NC(=O)[C@H](C)N3)n2C1CCCC1. The number of hydrogen-bond acceptors (Lipinski definition) is 5. The zero-order chi connectivity index (χ0) is 20.8. The lowest BCUT2D eigenvalue weighted by atomic mass is 10.1. The number of benzene rings is 2. The number of carbonyl (C=O) groups is 2. The number of amides is 1. The van der Waals surface area contributed by atoms with E-state index in [0.717, 1.165) is 46.6 Å². The highest BCUT2D eigenvalue weighted by molar-refractivity contribution is 6.03. The van der Waals surface area contributed by atoms with Crippen molar-refractivity contribution in [2.75, 3.05) is 17.7 Å². The van der Waals surface area contributed by atoms with E-state index in [0.29, 0.717) is 11.6 Å². The van der Waals surface area contributed by atoms with Crippen molar-refractivity contribution in [2.24, 2.45) is 0 Å². The Morgan fingerprint density at radius 2 is 1.93 bits per heavy atom. The van der Waals surface area contributed by atoms with E-state index in [1.165, 1.54) is 20.0 Å². The van der Waals surface area contributed by atoms with Gasteiger partial charge in [-0.05, 0) is 56.2 Å². The van der Waals surface area contributed by atoms with E-state index < -0.39 is 0 Å². The summed E-state index contributed by atoms with van der Waals surface area (Å²) in [4.78, 5) is 29.0. The molecular formula is C23H24N4O3. The molecule has 1 saturated carbocycles. The van der Waals surface area contributed by atoms with Crippen LogP contribution in [0.3, 0.4) is 0 Å². The summed E-state index contributed by atoms with van der Waals surface area (Å²) in [6, 6.07) is 11.6. The van der Waals surface area contributed by atoms with Crippen LogP contribution in [-0.2, 0) is 9.53 Å². The molecule has 7 heteroatoms. The van der Waals surface area contributed by atoms with Crippen molar-refractivity contribution >= 4 is 34.3 Å². The highest BCUT2D eigenvalue weighted by atomic mass is 16.5. The number of nitrogens with zero attached hydrogens (tertiary/aromatic N) is 2. The highest BCUT2D eigenvalue weighted by Gasteiger charge is 2.26. The number of nitrogens with one attached hydrogen (secondary N) is 2. The zero-order valence-corrected chi connectivity index (χ0v) is 17.1. The van der Waals surface area contributed by atoms with Crippen LogP contribution in [0.2, 0.25) is 0 Å². The Kier molecular flexibility index (Phi) is 4.46. The summed E-state index contributed by atoms with van der Waals surface area (Å²) in [6.07, 6.45) is 4.62. The minimum absolute atomic E-state index is 0.0494. The van der Waals surface area contributed by atoms with Gasteiger partial charge in [0.25, 0.3) is 0 Å². The predicted molar refractivity (Wildman–Crippen MR) is 116 cm³/mol. The normalized spacial score (nSPS) is 18.7. The van der Waals surface area contributed by atoms with Crippen LogP contribution in [-0.4, -0.2) is 34.6 Å². The van der Waals surface area contributed by atoms with Gasteiger partial charge in [-0.25, -0.2) is 9.78 Å². The summed E-state index contributed by atoms with van der Waals surface area (Å²) < 4.78 is 7.16. The van der Waals surface area contributed by atoms with Gasteiger partial charge in [0.15, 0.2) is 0 Å². The molecule has 1 fully saturated rings. The summed E-state index contributed by atoms with van der Waals surface area (Å²) >= 11 is 0. The summed E-state index contributed by atoms with van der Waals surface area (Å²) in [5, 5.41) is 6.19. The quantitative estimate of drug-likeness (QED) is 0.634. The first-order valence-corrected chi connectivity index (χ1v) is 10.4. The van der Waals surface area contributed by atoms with Crippen LogP contribution in [0.25, 0.3) is 22.4 Å². The van der Waals surface area contributed by atoms with Gasteiger partial charge in [0.1, 0.15) is 11.9 Å². The second kappa shape index (κ2) is 7.16. The molecule has 2 N–H and O–H groups in total. The Morgan fingerprint density at radius 1 is 1.13 bits per heavy atom. The summed E-state index contributed by atoms with van der Waals surface area (Å²) in [6.45, 7) is 1.84. The second-order valence-corrected chi connectivity index (χ2v) is 8.05. The van der Waals surface area contributed by atoms with Crippen LogP contribution in [0, 0.1) is 0 Å². The second-order valence-electron chi connectivity index (χ2n) is 8.05. The monoisotopic (exact) mass is 404 g/mol. The van der Waals surface area contributed by atoms with Gasteiger partial charge >= 0.3 is 5.97 Å². The van der Waals surface area contributed by atoms with Gasteiger partial charge in [-0.1, -0.05) is 12.8 Å². The third kappa shape index (κ3) is 3.01. The minimum atomic E-state index is -0.370. The van der Waals surface area contributed by atoms with Gasteiger partial charge in [-0.3, -0.25) is 4.79 Å². The summed E-state index contributed by atoms with van der Waals surface area (Å²) in [5.74, 6) is 0.437. The lowest BCUT2D eigenvalue weighted by molar-refractivity contribution is -0.116. The van der Waals surface area contributed by atoms with Gasteiger partial charge in [-0.2, -0.15) is 0 Å². The number of rotatable bonds is 3. The van der Waals surface area contributed by atoms with E-state index in [1.807, 2.05) is 31.2 Å². The van der Waals surface area contributed by atoms with Crippen LogP contribution >= 0.6 is 0 Å². The Bertz CT molecular complexity index is 1160. The molecular weight excluding hydrogens is 380 g/mol. The number of ether oxygens (including phenoxy) is 1. The fraction of sp³-hybridized carbons (Fsp3) is 0.348. The van der Waals surface area contributed by atoms with Crippen molar-refractivity contribution in [3.63, 3.8) is 0 Å². The molecule has 1 aliphatic carbocycles. The Labute approximate surface area is 174 Å². The minimum Gasteiger partial charge on any atom is -0.465 e. The highest BCUT2D eigenvalue weighted by Crippen LogP contribution is 2.39. The first-order chi connectivity index (χ1) is 14.5. The maximum atomic E-state index is 12.1. The Morgan fingerprint density at radius 3 is 2.70 bits per heavy atom. The number of anilines is 2. The molecule has 2 aromatic carbocycles. The molecule has 7 nitrogen and oxygen atoms in total. The summed E-state index contributed by atoms with van der Waals surface area (Å²) in [7, 11) is 1.38. The Hall–Kier alpha value is -3.35. The lowest BCUT2D eigenvalue weighted by Crippen LogP contribution is -2.36. The largest absolute Gasteiger partial charge is 0.465 e. The molecule has 0 spiro atoms. The van der Waals surface area contributed by atoms with Crippen LogP contribution in [0.5, 0.6) is 0 Å². The fourth-order valence-corrected chi connectivity index (χ4v) is 4.53. The van der Waals surface area contributed by atoms with Crippen molar-refractivity contribution in [2.45, 2.75) is 44.7 Å².